The van der Waals surface area contributed by atoms with E-state index in [4.69, 9.17) is 4.74 Å². The highest BCUT2D eigenvalue weighted by Gasteiger charge is 2.23. The molecular weight excluding hydrogens is 467 g/mol. The number of aromatic nitrogens is 2. The van der Waals surface area contributed by atoms with Gasteiger partial charge in [0.2, 0.25) is 0 Å². The van der Waals surface area contributed by atoms with Crippen LogP contribution in [0.25, 0.3) is 0 Å². The van der Waals surface area contributed by atoms with Gasteiger partial charge in [0.05, 0.1) is 31.5 Å². The van der Waals surface area contributed by atoms with E-state index < -0.39 is 0 Å². The topological polar surface area (TPSA) is 66.7 Å². The van der Waals surface area contributed by atoms with Crippen LogP contribution in [0, 0.1) is 6.92 Å². The summed E-state index contributed by atoms with van der Waals surface area (Å²) in [4.78, 5) is 6.85. The van der Waals surface area contributed by atoms with Gasteiger partial charge in [-0.2, -0.15) is 5.10 Å². The molecule has 1 saturated heterocycles. The molecule has 1 aliphatic heterocycles. The molecule has 28 heavy (non-hydrogen) atoms. The van der Waals surface area contributed by atoms with Crippen molar-refractivity contribution in [3.8, 4) is 0 Å². The number of ether oxygens (including phenoxy) is 1. The van der Waals surface area contributed by atoms with E-state index in [-0.39, 0.29) is 30.0 Å². The number of guanidine groups is 1. The van der Waals surface area contributed by atoms with Crippen LogP contribution in [0.15, 0.2) is 41.5 Å². The van der Waals surface area contributed by atoms with Gasteiger partial charge in [0.15, 0.2) is 5.96 Å². The van der Waals surface area contributed by atoms with E-state index in [1.807, 2.05) is 17.8 Å². The zero-order valence-electron chi connectivity index (χ0n) is 16.9. The maximum absolute atomic E-state index is 5.54. The van der Waals surface area contributed by atoms with E-state index in [2.05, 4.69) is 56.8 Å². The lowest BCUT2D eigenvalue weighted by atomic mass is 10.0. The fourth-order valence-corrected chi connectivity index (χ4v) is 3.39. The van der Waals surface area contributed by atoms with E-state index in [1.54, 1.807) is 13.2 Å². The summed E-state index contributed by atoms with van der Waals surface area (Å²) in [5.74, 6) is 0.794. The first-order chi connectivity index (χ1) is 13.2. The summed E-state index contributed by atoms with van der Waals surface area (Å²) >= 11 is 0. The van der Waals surface area contributed by atoms with Crippen LogP contribution < -0.4 is 10.6 Å². The molecule has 2 N–H and O–H groups in total. The highest BCUT2D eigenvalue weighted by atomic mass is 127. The van der Waals surface area contributed by atoms with Gasteiger partial charge >= 0.3 is 0 Å². The number of aryl methyl sites for hydroxylation is 2. The minimum absolute atomic E-state index is 0. The zero-order chi connectivity index (χ0) is 19.1. The Bertz CT molecular complexity index is 757. The van der Waals surface area contributed by atoms with Crippen molar-refractivity contribution in [3.63, 3.8) is 0 Å². The van der Waals surface area contributed by atoms with E-state index >= 15 is 0 Å². The summed E-state index contributed by atoms with van der Waals surface area (Å²) in [7, 11) is 3.74. The minimum atomic E-state index is 0. The van der Waals surface area contributed by atoms with Gasteiger partial charge in [0, 0.05) is 39.9 Å². The Kier molecular flexibility index (Phi) is 9.20. The number of benzene rings is 1. The fraction of sp³-hybridized carbons (Fsp3) is 0.500. The van der Waals surface area contributed by atoms with Crippen molar-refractivity contribution in [2.24, 2.45) is 12.0 Å². The molecule has 2 aromatic rings. The summed E-state index contributed by atoms with van der Waals surface area (Å²) in [6.07, 6.45) is 1.80. The lowest BCUT2D eigenvalue weighted by Gasteiger charge is -2.35. The first kappa shape index (κ1) is 22.6. The normalized spacial score (nSPS) is 16.3. The smallest absolute Gasteiger partial charge is 0.191 e. The van der Waals surface area contributed by atoms with Crippen molar-refractivity contribution in [2.45, 2.75) is 19.5 Å². The molecule has 0 radical (unpaired) electrons. The molecule has 1 aromatic heterocycles. The second-order valence-corrected chi connectivity index (χ2v) is 6.83. The molecule has 0 bridgehead atoms. The Morgan fingerprint density at radius 2 is 2.04 bits per heavy atom. The van der Waals surface area contributed by atoms with Crippen LogP contribution >= 0.6 is 24.0 Å². The van der Waals surface area contributed by atoms with Crippen LogP contribution in [0.5, 0.6) is 0 Å². The highest BCUT2D eigenvalue weighted by Crippen LogP contribution is 2.22. The predicted octanol–water partition coefficient (Wildman–Crippen LogP) is 2.09. The average molecular weight is 498 g/mol. The van der Waals surface area contributed by atoms with E-state index in [9.17, 15) is 0 Å². The SMILES string of the molecule is CN=C(NCc1ccnn1C)NCC(c1cccc(C)c1)N1CCOCC1.I. The molecule has 1 aliphatic rings. The Morgan fingerprint density at radius 1 is 1.25 bits per heavy atom. The molecule has 8 heteroatoms. The van der Waals surface area contributed by atoms with Crippen molar-refractivity contribution in [1.29, 1.82) is 0 Å². The number of aliphatic imine (C=N–C) groups is 1. The maximum Gasteiger partial charge on any atom is 0.191 e. The number of nitrogens with zero attached hydrogens (tertiary/aromatic N) is 4. The number of hydrogen-bond acceptors (Lipinski definition) is 4. The van der Waals surface area contributed by atoms with Gasteiger partial charge in [0.25, 0.3) is 0 Å². The third-order valence-electron chi connectivity index (χ3n) is 4.96. The van der Waals surface area contributed by atoms with Gasteiger partial charge in [-0.1, -0.05) is 29.8 Å². The number of hydrogen-bond donors (Lipinski definition) is 2. The number of morpholine rings is 1. The van der Waals surface area contributed by atoms with E-state index in [0.29, 0.717) is 6.54 Å². The Labute approximate surface area is 184 Å². The zero-order valence-corrected chi connectivity index (χ0v) is 19.2. The Hall–Kier alpha value is -1.65. The predicted molar refractivity (Wildman–Crippen MR) is 123 cm³/mol. The van der Waals surface area contributed by atoms with Crippen LogP contribution in [0.4, 0.5) is 0 Å². The average Bonchev–Trinajstić information content (AvgIpc) is 3.10. The summed E-state index contributed by atoms with van der Waals surface area (Å²) in [6.45, 7) is 7.08. The van der Waals surface area contributed by atoms with Crippen LogP contribution in [-0.2, 0) is 18.3 Å². The van der Waals surface area contributed by atoms with E-state index in [0.717, 1.165) is 44.5 Å². The molecule has 0 amide bonds. The standard InChI is InChI=1S/C20H30N6O.HI/c1-16-5-4-6-17(13-16)19(26-9-11-27-12-10-26)15-23-20(21-2)22-14-18-7-8-24-25(18)3;/h4-8,13,19H,9-12,14-15H2,1-3H3,(H2,21,22,23);1H. The molecule has 7 nitrogen and oxygen atoms in total. The summed E-state index contributed by atoms with van der Waals surface area (Å²) < 4.78 is 7.41. The Morgan fingerprint density at radius 3 is 2.68 bits per heavy atom. The molecule has 1 unspecified atom stereocenters. The summed E-state index contributed by atoms with van der Waals surface area (Å²) in [5.41, 5.74) is 3.72. The van der Waals surface area contributed by atoms with Crippen LogP contribution in [-0.4, -0.2) is 60.5 Å². The maximum atomic E-state index is 5.54. The highest BCUT2D eigenvalue weighted by molar-refractivity contribution is 14.0. The molecule has 2 heterocycles. The number of rotatable bonds is 6. The molecule has 0 aliphatic carbocycles. The van der Waals surface area contributed by atoms with Gasteiger partial charge in [-0.3, -0.25) is 14.6 Å². The monoisotopic (exact) mass is 498 g/mol. The van der Waals surface area contributed by atoms with Gasteiger partial charge in [-0.15, -0.1) is 24.0 Å². The van der Waals surface area contributed by atoms with Gasteiger partial charge in [0.1, 0.15) is 0 Å². The molecule has 1 atom stereocenters. The second kappa shape index (κ2) is 11.4. The molecule has 0 saturated carbocycles. The van der Waals surface area contributed by atoms with Crippen molar-refractivity contribution >= 4 is 29.9 Å². The first-order valence-electron chi connectivity index (χ1n) is 9.47. The van der Waals surface area contributed by atoms with Crippen molar-refractivity contribution in [3.05, 3.63) is 53.3 Å². The van der Waals surface area contributed by atoms with Crippen LogP contribution in [0.2, 0.25) is 0 Å². The molecule has 154 valence electrons. The van der Waals surface area contributed by atoms with E-state index in [1.165, 1.54) is 11.1 Å². The lowest BCUT2D eigenvalue weighted by molar-refractivity contribution is 0.0170. The van der Waals surface area contributed by atoms with Crippen molar-refractivity contribution in [1.82, 2.24) is 25.3 Å². The van der Waals surface area contributed by atoms with Gasteiger partial charge in [-0.05, 0) is 18.6 Å². The summed E-state index contributed by atoms with van der Waals surface area (Å²) in [5, 5.41) is 11.1. The second-order valence-electron chi connectivity index (χ2n) is 6.83. The largest absolute Gasteiger partial charge is 0.379 e. The quantitative estimate of drug-likeness (QED) is 0.363. The van der Waals surface area contributed by atoms with Crippen LogP contribution in [0.1, 0.15) is 22.9 Å². The van der Waals surface area contributed by atoms with Crippen LogP contribution in [0.3, 0.4) is 0 Å². The molecule has 3 rings (SSSR count). The lowest BCUT2D eigenvalue weighted by Crippen LogP contribution is -2.46. The molecule has 1 fully saturated rings. The van der Waals surface area contributed by atoms with Crippen molar-refractivity contribution in [2.75, 3.05) is 39.9 Å². The van der Waals surface area contributed by atoms with Gasteiger partial charge < -0.3 is 15.4 Å². The molecule has 1 aromatic carbocycles. The summed E-state index contributed by atoms with van der Waals surface area (Å²) in [6, 6.07) is 11.0. The fourth-order valence-electron chi connectivity index (χ4n) is 3.39. The van der Waals surface area contributed by atoms with Gasteiger partial charge in [-0.25, -0.2) is 0 Å². The third-order valence-corrected chi connectivity index (χ3v) is 4.96. The number of nitrogens with one attached hydrogen (secondary N) is 2. The Balaban J connectivity index is 0.00000280. The first-order valence-corrected chi connectivity index (χ1v) is 9.47. The van der Waals surface area contributed by atoms with Crippen molar-refractivity contribution < 1.29 is 4.74 Å². The minimum Gasteiger partial charge on any atom is -0.379 e. The number of halogens is 1. The molecule has 0 spiro atoms. The third kappa shape index (κ3) is 6.18. The molecular formula is C20H31IN6O.